The number of aliphatic hydroxyl groups is 1. The second-order valence-corrected chi connectivity index (χ2v) is 8.72. The van der Waals surface area contributed by atoms with Gasteiger partial charge in [0, 0.05) is 23.4 Å². The summed E-state index contributed by atoms with van der Waals surface area (Å²) in [4.78, 5) is 12.9. The fraction of sp³-hybridized carbons (Fsp3) is 0.304. The molecule has 0 bridgehead atoms. The van der Waals surface area contributed by atoms with Gasteiger partial charge in [-0.05, 0) is 35.9 Å². The molecule has 4 rings (SSSR count). The highest BCUT2D eigenvalue weighted by atomic mass is 35.5. The third kappa shape index (κ3) is 6.10. The Labute approximate surface area is 210 Å². The van der Waals surface area contributed by atoms with Crippen LogP contribution in [0.5, 0.6) is 0 Å². The van der Waals surface area contributed by atoms with Gasteiger partial charge in [-0.2, -0.15) is 36.5 Å². The molecule has 0 spiro atoms. The zero-order valence-corrected chi connectivity index (χ0v) is 19.5. The van der Waals surface area contributed by atoms with E-state index in [0.29, 0.717) is 15.3 Å². The molecule has 0 fully saturated rings. The van der Waals surface area contributed by atoms with Crippen molar-refractivity contribution in [2.75, 3.05) is 0 Å². The summed E-state index contributed by atoms with van der Waals surface area (Å²) in [5, 5.41) is 21.9. The SMILES string of the molecule is O=c1n(CC2=NN=C(Cc3ccccc3C(F)(F)F)C2)nc(-c2ccc(Cl)cc2)n1CC(O)C(F)(F)F. The predicted molar refractivity (Wildman–Crippen MR) is 124 cm³/mol. The maximum absolute atomic E-state index is 13.3. The maximum atomic E-state index is 13.3. The molecule has 0 radical (unpaired) electrons. The van der Waals surface area contributed by atoms with Crippen molar-refractivity contribution < 1.29 is 31.4 Å². The topological polar surface area (TPSA) is 84.8 Å². The minimum absolute atomic E-state index is 0.0119. The van der Waals surface area contributed by atoms with Crippen LogP contribution in [0.15, 0.2) is 63.5 Å². The fourth-order valence-electron chi connectivity index (χ4n) is 3.77. The Kier molecular flexibility index (Phi) is 7.29. The van der Waals surface area contributed by atoms with Crippen molar-refractivity contribution in [3.05, 3.63) is 75.2 Å². The van der Waals surface area contributed by atoms with Crippen molar-refractivity contribution in [1.82, 2.24) is 14.3 Å². The lowest BCUT2D eigenvalue weighted by molar-refractivity contribution is -0.207. The molecule has 0 aliphatic carbocycles. The Balaban J connectivity index is 1.56. The van der Waals surface area contributed by atoms with Crippen LogP contribution < -0.4 is 5.69 Å². The van der Waals surface area contributed by atoms with Gasteiger partial charge < -0.3 is 5.11 Å². The summed E-state index contributed by atoms with van der Waals surface area (Å²) in [6.45, 7) is -1.36. The largest absolute Gasteiger partial charge is 0.416 e. The van der Waals surface area contributed by atoms with E-state index in [4.69, 9.17) is 11.6 Å². The molecule has 2 aromatic carbocycles. The molecule has 37 heavy (non-hydrogen) atoms. The molecule has 1 aliphatic rings. The number of halogens is 7. The highest BCUT2D eigenvalue weighted by molar-refractivity contribution is 6.30. The minimum atomic E-state index is -4.97. The van der Waals surface area contributed by atoms with E-state index in [0.717, 1.165) is 10.7 Å². The summed E-state index contributed by atoms with van der Waals surface area (Å²) >= 11 is 5.87. The number of benzene rings is 2. The van der Waals surface area contributed by atoms with Gasteiger partial charge in [0.1, 0.15) is 0 Å². The molecule has 196 valence electrons. The van der Waals surface area contributed by atoms with Gasteiger partial charge in [0.25, 0.3) is 0 Å². The molecule has 7 nitrogen and oxygen atoms in total. The van der Waals surface area contributed by atoms with Gasteiger partial charge in [-0.1, -0.05) is 29.8 Å². The van der Waals surface area contributed by atoms with Crippen molar-refractivity contribution in [1.29, 1.82) is 0 Å². The number of aromatic nitrogens is 3. The lowest BCUT2D eigenvalue weighted by Gasteiger charge is -2.15. The zero-order chi connectivity index (χ0) is 27.0. The summed E-state index contributed by atoms with van der Waals surface area (Å²) in [6.07, 6.45) is -12.4. The summed E-state index contributed by atoms with van der Waals surface area (Å²) < 4.78 is 80.4. The van der Waals surface area contributed by atoms with E-state index in [9.17, 15) is 36.2 Å². The van der Waals surface area contributed by atoms with Crippen LogP contribution in [0.3, 0.4) is 0 Å². The first-order valence-electron chi connectivity index (χ1n) is 10.8. The Morgan fingerprint density at radius 3 is 2.27 bits per heavy atom. The van der Waals surface area contributed by atoms with E-state index >= 15 is 0 Å². The highest BCUT2D eigenvalue weighted by Crippen LogP contribution is 2.32. The smallest absolute Gasteiger partial charge is 0.382 e. The van der Waals surface area contributed by atoms with Crippen LogP contribution in [0.25, 0.3) is 11.4 Å². The van der Waals surface area contributed by atoms with Crippen LogP contribution in [0, 0.1) is 0 Å². The van der Waals surface area contributed by atoms with Crippen LogP contribution in [0.1, 0.15) is 17.5 Å². The number of alkyl halides is 6. The highest BCUT2D eigenvalue weighted by Gasteiger charge is 2.39. The van der Waals surface area contributed by atoms with Gasteiger partial charge >= 0.3 is 18.0 Å². The molecule has 1 unspecified atom stereocenters. The summed E-state index contributed by atoms with van der Waals surface area (Å²) in [5.41, 5.74) is -0.833. The number of rotatable bonds is 7. The first-order chi connectivity index (χ1) is 17.3. The molecule has 0 saturated carbocycles. The van der Waals surface area contributed by atoms with E-state index < -0.39 is 36.3 Å². The molecule has 3 aromatic rings. The number of hydrogen-bond donors (Lipinski definition) is 1. The Morgan fingerprint density at radius 2 is 1.62 bits per heavy atom. The number of hydrogen-bond acceptors (Lipinski definition) is 5. The van der Waals surface area contributed by atoms with Gasteiger partial charge in [-0.25, -0.2) is 9.48 Å². The van der Waals surface area contributed by atoms with E-state index in [2.05, 4.69) is 15.3 Å². The van der Waals surface area contributed by atoms with E-state index in [1.807, 2.05) is 0 Å². The second kappa shape index (κ2) is 10.1. The second-order valence-electron chi connectivity index (χ2n) is 8.28. The predicted octanol–water partition coefficient (Wildman–Crippen LogP) is 4.75. The Hall–Kier alpha value is -3.45. The third-order valence-electron chi connectivity index (χ3n) is 5.55. The monoisotopic (exact) mass is 545 g/mol. The molecule has 1 N–H and O–H groups in total. The zero-order valence-electron chi connectivity index (χ0n) is 18.8. The van der Waals surface area contributed by atoms with Gasteiger partial charge in [-0.3, -0.25) is 4.57 Å². The molecule has 14 heteroatoms. The van der Waals surface area contributed by atoms with Crippen molar-refractivity contribution >= 4 is 23.0 Å². The molecule has 0 amide bonds. The van der Waals surface area contributed by atoms with Crippen molar-refractivity contribution in [3.8, 4) is 11.4 Å². The number of aliphatic hydroxyl groups excluding tert-OH is 1. The van der Waals surface area contributed by atoms with E-state index in [1.165, 1.54) is 42.5 Å². The summed E-state index contributed by atoms with van der Waals surface area (Å²) in [6, 6.07) is 10.9. The van der Waals surface area contributed by atoms with Gasteiger partial charge in [-0.15, -0.1) is 5.10 Å². The van der Waals surface area contributed by atoms with Gasteiger partial charge in [0.2, 0.25) is 0 Å². The van der Waals surface area contributed by atoms with E-state index in [-0.39, 0.29) is 42.0 Å². The summed E-state index contributed by atoms with van der Waals surface area (Å²) in [7, 11) is 0. The minimum Gasteiger partial charge on any atom is -0.382 e. The van der Waals surface area contributed by atoms with Crippen LogP contribution in [0.2, 0.25) is 5.02 Å². The lowest BCUT2D eigenvalue weighted by Crippen LogP contribution is -2.37. The average molecular weight is 546 g/mol. The molecular formula is C23H18ClF6N5O2. The molecule has 1 atom stereocenters. The lowest BCUT2D eigenvalue weighted by atomic mass is 9.99. The molecule has 2 heterocycles. The molecule has 0 saturated heterocycles. The van der Waals surface area contributed by atoms with Crippen LogP contribution in [-0.4, -0.2) is 43.2 Å². The average Bonchev–Trinajstić information content (AvgIpc) is 3.38. The Bertz CT molecular complexity index is 1410. The fourth-order valence-corrected chi connectivity index (χ4v) is 3.90. The molecule has 1 aliphatic heterocycles. The van der Waals surface area contributed by atoms with Crippen molar-refractivity contribution in [3.63, 3.8) is 0 Å². The van der Waals surface area contributed by atoms with E-state index in [1.54, 1.807) is 0 Å². The van der Waals surface area contributed by atoms with Crippen LogP contribution in [-0.2, 0) is 25.7 Å². The Morgan fingerprint density at radius 1 is 0.973 bits per heavy atom. The first kappa shape index (κ1) is 26.6. The van der Waals surface area contributed by atoms with Crippen LogP contribution >= 0.6 is 11.6 Å². The third-order valence-corrected chi connectivity index (χ3v) is 5.80. The normalized spacial score (nSPS) is 15.0. The molecular weight excluding hydrogens is 528 g/mol. The maximum Gasteiger partial charge on any atom is 0.416 e. The van der Waals surface area contributed by atoms with Crippen molar-refractivity contribution in [2.45, 2.75) is 44.4 Å². The van der Waals surface area contributed by atoms with Crippen molar-refractivity contribution in [2.24, 2.45) is 10.2 Å². The first-order valence-corrected chi connectivity index (χ1v) is 11.2. The summed E-state index contributed by atoms with van der Waals surface area (Å²) in [5.74, 6) is -0.135. The quantitative estimate of drug-likeness (QED) is 0.435. The number of nitrogens with zero attached hydrogens (tertiary/aromatic N) is 5. The van der Waals surface area contributed by atoms with Crippen LogP contribution in [0.4, 0.5) is 26.3 Å². The molecule has 1 aromatic heterocycles. The van der Waals surface area contributed by atoms with Gasteiger partial charge in [0.05, 0.1) is 30.1 Å². The van der Waals surface area contributed by atoms with Gasteiger partial charge in [0.15, 0.2) is 11.9 Å². The standard InChI is InChI=1S/C23H18ClF6N5O2/c24-15-7-5-13(6-8-15)20-33-35(21(37)34(20)12-19(36)23(28,29)30)11-17-10-16(31-32-17)9-14-3-1-2-4-18(14)22(25,26)27/h1-8,19,36H,9-12H2.